The fourth-order valence-electron chi connectivity index (χ4n) is 3.23. The van der Waals surface area contributed by atoms with E-state index in [1.54, 1.807) is 6.07 Å². The number of hydrogen-bond acceptors (Lipinski definition) is 2. The summed E-state index contributed by atoms with van der Waals surface area (Å²) in [6.07, 6.45) is 1.99. The SMILES string of the molecule is CC(C)C1CC2(C1)C[C@@H](O)c1cc(F)ccc1O2. The molecule has 0 saturated heterocycles. The van der Waals surface area contributed by atoms with Gasteiger partial charge in [0, 0.05) is 12.0 Å². The minimum absolute atomic E-state index is 0.209. The first-order chi connectivity index (χ1) is 8.49. The first-order valence-electron chi connectivity index (χ1n) is 6.66. The fourth-order valence-corrected chi connectivity index (χ4v) is 3.23. The van der Waals surface area contributed by atoms with E-state index in [-0.39, 0.29) is 11.4 Å². The summed E-state index contributed by atoms with van der Waals surface area (Å²) in [5, 5.41) is 10.2. The van der Waals surface area contributed by atoms with Gasteiger partial charge in [-0.2, -0.15) is 0 Å². The quantitative estimate of drug-likeness (QED) is 0.827. The molecule has 2 nitrogen and oxygen atoms in total. The molecule has 3 heteroatoms. The summed E-state index contributed by atoms with van der Waals surface area (Å²) in [6.45, 7) is 4.44. The van der Waals surface area contributed by atoms with E-state index in [2.05, 4.69) is 13.8 Å². The van der Waals surface area contributed by atoms with Crippen LogP contribution in [0.15, 0.2) is 18.2 Å². The van der Waals surface area contributed by atoms with E-state index in [0.717, 1.165) is 12.8 Å². The van der Waals surface area contributed by atoms with Crippen LogP contribution in [0.5, 0.6) is 5.75 Å². The first-order valence-corrected chi connectivity index (χ1v) is 6.66. The van der Waals surface area contributed by atoms with Crippen molar-refractivity contribution >= 4 is 0 Å². The van der Waals surface area contributed by atoms with E-state index in [1.165, 1.54) is 12.1 Å². The summed E-state index contributed by atoms with van der Waals surface area (Å²) in [5.74, 6) is 1.67. The maximum atomic E-state index is 13.2. The highest BCUT2D eigenvalue weighted by Crippen LogP contribution is 2.53. The minimum Gasteiger partial charge on any atom is -0.487 e. The van der Waals surface area contributed by atoms with Crippen LogP contribution in [0.25, 0.3) is 0 Å². The van der Waals surface area contributed by atoms with Gasteiger partial charge in [-0.05, 0) is 42.9 Å². The van der Waals surface area contributed by atoms with Gasteiger partial charge < -0.3 is 9.84 Å². The molecule has 0 radical (unpaired) electrons. The van der Waals surface area contributed by atoms with Crippen LogP contribution in [0, 0.1) is 17.7 Å². The third-order valence-electron chi connectivity index (χ3n) is 4.43. The van der Waals surface area contributed by atoms with Gasteiger partial charge in [-0.1, -0.05) is 13.8 Å². The van der Waals surface area contributed by atoms with Crippen LogP contribution in [0.3, 0.4) is 0 Å². The van der Waals surface area contributed by atoms with Crippen molar-refractivity contribution in [3.63, 3.8) is 0 Å². The number of aliphatic hydroxyl groups excluding tert-OH is 1. The predicted octanol–water partition coefficient (Wildman–Crippen LogP) is 3.45. The summed E-state index contributed by atoms with van der Waals surface area (Å²) < 4.78 is 19.2. The molecule has 1 saturated carbocycles. The smallest absolute Gasteiger partial charge is 0.126 e. The molecular formula is C15H19FO2. The highest BCUT2D eigenvalue weighted by molar-refractivity contribution is 5.39. The number of halogens is 1. The Labute approximate surface area is 107 Å². The van der Waals surface area contributed by atoms with Crippen LogP contribution in [-0.4, -0.2) is 10.7 Å². The number of fused-ring (bicyclic) bond motifs is 1. The third kappa shape index (κ3) is 1.81. The van der Waals surface area contributed by atoms with E-state index >= 15 is 0 Å². The lowest BCUT2D eigenvalue weighted by Gasteiger charge is -2.52. The van der Waals surface area contributed by atoms with Crippen molar-refractivity contribution in [3.05, 3.63) is 29.6 Å². The Bertz CT molecular complexity index is 464. The normalized spacial score (nSPS) is 34.1. The van der Waals surface area contributed by atoms with Gasteiger partial charge in [-0.15, -0.1) is 0 Å². The molecule has 1 fully saturated rings. The Balaban J connectivity index is 1.83. The fraction of sp³-hybridized carbons (Fsp3) is 0.600. The lowest BCUT2D eigenvalue weighted by atomic mass is 9.63. The van der Waals surface area contributed by atoms with Crippen molar-refractivity contribution in [2.45, 2.75) is 44.8 Å². The van der Waals surface area contributed by atoms with Gasteiger partial charge in [0.15, 0.2) is 0 Å². The van der Waals surface area contributed by atoms with Crippen LogP contribution in [-0.2, 0) is 0 Å². The molecule has 0 amide bonds. The Hall–Kier alpha value is -1.09. The molecule has 0 aromatic heterocycles. The molecule has 98 valence electrons. The van der Waals surface area contributed by atoms with Gasteiger partial charge in [0.2, 0.25) is 0 Å². The number of aliphatic hydroxyl groups is 1. The van der Waals surface area contributed by atoms with Crippen molar-refractivity contribution in [2.75, 3.05) is 0 Å². The molecule has 1 aliphatic heterocycles. The third-order valence-corrected chi connectivity index (χ3v) is 4.43. The number of hydrogen-bond donors (Lipinski definition) is 1. The van der Waals surface area contributed by atoms with Crippen molar-refractivity contribution in [1.82, 2.24) is 0 Å². The summed E-state index contributed by atoms with van der Waals surface area (Å²) in [5.41, 5.74) is 0.382. The lowest BCUT2D eigenvalue weighted by Crippen LogP contribution is -2.53. The van der Waals surface area contributed by atoms with Crippen molar-refractivity contribution in [1.29, 1.82) is 0 Å². The zero-order valence-corrected chi connectivity index (χ0v) is 10.8. The summed E-state index contributed by atoms with van der Waals surface area (Å²) in [4.78, 5) is 0. The maximum Gasteiger partial charge on any atom is 0.126 e. The standard InChI is InChI=1S/C15H19FO2/c1-9(2)10-6-15(7-10)8-13(17)12-5-11(16)3-4-14(12)18-15/h3-5,9-10,13,17H,6-8H2,1-2H3/t10?,13-,15?/m1/s1. The molecule has 1 heterocycles. The zero-order valence-electron chi connectivity index (χ0n) is 10.8. The molecule has 2 aliphatic rings. The van der Waals surface area contributed by atoms with Gasteiger partial charge in [-0.3, -0.25) is 0 Å². The van der Waals surface area contributed by atoms with Crippen LogP contribution in [0.1, 0.15) is 44.8 Å². The Morgan fingerprint density at radius 1 is 1.33 bits per heavy atom. The number of ether oxygens (including phenoxy) is 1. The minimum atomic E-state index is -0.599. The van der Waals surface area contributed by atoms with Crippen LogP contribution in [0.2, 0.25) is 0 Å². The van der Waals surface area contributed by atoms with Gasteiger partial charge in [-0.25, -0.2) is 4.39 Å². The van der Waals surface area contributed by atoms with Gasteiger partial charge in [0.25, 0.3) is 0 Å². The maximum absolute atomic E-state index is 13.2. The largest absolute Gasteiger partial charge is 0.487 e. The molecule has 0 unspecified atom stereocenters. The second kappa shape index (κ2) is 3.95. The van der Waals surface area contributed by atoms with Crippen molar-refractivity contribution < 1.29 is 14.2 Å². The summed E-state index contributed by atoms with van der Waals surface area (Å²) >= 11 is 0. The summed E-state index contributed by atoms with van der Waals surface area (Å²) in [7, 11) is 0. The molecule has 18 heavy (non-hydrogen) atoms. The number of benzene rings is 1. The van der Waals surface area contributed by atoms with Crippen LogP contribution < -0.4 is 4.74 Å². The topological polar surface area (TPSA) is 29.5 Å². The predicted molar refractivity (Wildman–Crippen MR) is 66.9 cm³/mol. The molecule has 1 aromatic carbocycles. The second-order valence-electron chi connectivity index (χ2n) is 6.10. The van der Waals surface area contributed by atoms with Gasteiger partial charge >= 0.3 is 0 Å². The highest BCUT2D eigenvalue weighted by atomic mass is 19.1. The van der Waals surface area contributed by atoms with Crippen molar-refractivity contribution in [3.8, 4) is 5.75 Å². The summed E-state index contributed by atoms with van der Waals surface area (Å²) in [6, 6.07) is 4.41. The average Bonchev–Trinajstić information content (AvgIpc) is 2.26. The molecule has 0 bridgehead atoms. The monoisotopic (exact) mass is 250 g/mol. The number of rotatable bonds is 1. The Kier molecular flexibility index (Phi) is 2.63. The molecular weight excluding hydrogens is 231 g/mol. The highest BCUT2D eigenvalue weighted by Gasteiger charge is 2.51. The van der Waals surface area contributed by atoms with Crippen molar-refractivity contribution in [2.24, 2.45) is 11.8 Å². The zero-order chi connectivity index (χ0) is 12.9. The molecule has 1 spiro atoms. The molecule has 1 atom stereocenters. The van der Waals surface area contributed by atoms with Crippen LogP contribution >= 0.6 is 0 Å². The Morgan fingerprint density at radius 3 is 2.72 bits per heavy atom. The van der Waals surface area contributed by atoms with Crippen LogP contribution in [0.4, 0.5) is 4.39 Å². The Morgan fingerprint density at radius 2 is 2.06 bits per heavy atom. The first kappa shape index (κ1) is 12.0. The average molecular weight is 250 g/mol. The lowest BCUT2D eigenvalue weighted by molar-refractivity contribution is -0.108. The molecule has 1 N–H and O–H groups in total. The molecule has 1 aromatic rings. The van der Waals surface area contributed by atoms with E-state index < -0.39 is 6.10 Å². The van der Waals surface area contributed by atoms with Gasteiger partial charge in [0.1, 0.15) is 17.2 Å². The van der Waals surface area contributed by atoms with E-state index in [9.17, 15) is 9.50 Å². The van der Waals surface area contributed by atoms with Gasteiger partial charge in [0.05, 0.1) is 6.10 Å². The molecule has 1 aliphatic carbocycles. The van der Waals surface area contributed by atoms with E-state index in [4.69, 9.17) is 4.74 Å². The molecule has 3 rings (SSSR count). The van der Waals surface area contributed by atoms with E-state index in [0.29, 0.717) is 29.6 Å². The second-order valence-corrected chi connectivity index (χ2v) is 6.10. The van der Waals surface area contributed by atoms with E-state index in [1.807, 2.05) is 0 Å².